The van der Waals surface area contributed by atoms with Gasteiger partial charge in [0.1, 0.15) is 0 Å². The van der Waals surface area contributed by atoms with Crippen molar-refractivity contribution < 1.29 is 19.1 Å². The van der Waals surface area contributed by atoms with Crippen LogP contribution in [0.25, 0.3) is 0 Å². The van der Waals surface area contributed by atoms with Crippen molar-refractivity contribution in [1.29, 1.82) is 0 Å². The smallest absolute Gasteiger partial charge is 0.255 e. The Morgan fingerprint density at radius 2 is 1.97 bits per heavy atom. The molecule has 0 aliphatic carbocycles. The van der Waals surface area contributed by atoms with Crippen LogP contribution in [0, 0.1) is 0 Å². The zero-order valence-electron chi connectivity index (χ0n) is 16.1. The van der Waals surface area contributed by atoms with E-state index in [-0.39, 0.29) is 18.6 Å². The summed E-state index contributed by atoms with van der Waals surface area (Å²) in [6.45, 7) is 1.65. The number of hydrogen-bond acceptors (Lipinski definition) is 7. The van der Waals surface area contributed by atoms with Crippen LogP contribution >= 0.6 is 27.7 Å². The Kier molecular flexibility index (Phi) is 4.62. The molecule has 8 nitrogen and oxygen atoms in total. The van der Waals surface area contributed by atoms with Crippen molar-refractivity contribution >= 4 is 50.4 Å². The Balaban J connectivity index is 1.77. The first-order valence-corrected chi connectivity index (χ1v) is 11.2. The number of amides is 2. The molecule has 0 spiro atoms. The fourth-order valence-electron chi connectivity index (χ4n) is 4.00. The van der Waals surface area contributed by atoms with E-state index in [1.165, 1.54) is 18.7 Å². The van der Waals surface area contributed by atoms with Crippen molar-refractivity contribution in [3.63, 3.8) is 0 Å². The lowest BCUT2D eigenvalue weighted by atomic mass is 9.95. The van der Waals surface area contributed by atoms with Crippen molar-refractivity contribution in [2.75, 3.05) is 17.9 Å². The van der Waals surface area contributed by atoms with Crippen LogP contribution in [0.2, 0.25) is 0 Å². The summed E-state index contributed by atoms with van der Waals surface area (Å²) in [7, 11) is 0. The normalized spacial score (nSPS) is 21.6. The number of para-hydroxylation sites is 1. The average molecular weight is 489 g/mol. The Morgan fingerprint density at radius 1 is 1.23 bits per heavy atom. The number of halogens is 1. The molecule has 10 heteroatoms. The van der Waals surface area contributed by atoms with E-state index in [4.69, 9.17) is 14.6 Å². The highest BCUT2D eigenvalue weighted by atomic mass is 79.9. The third kappa shape index (κ3) is 2.85. The summed E-state index contributed by atoms with van der Waals surface area (Å²) in [6, 6.07) is 10.4. The van der Waals surface area contributed by atoms with Gasteiger partial charge in [0.2, 0.25) is 12.7 Å². The topological polar surface area (TPSA) is 83.5 Å². The minimum atomic E-state index is -0.671. The van der Waals surface area contributed by atoms with Gasteiger partial charge in [0.15, 0.2) is 28.9 Å². The van der Waals surface area contributed by atoms with Gasteiger partial charge in [-0.1, -0.05) is 45.9 Å². The van der Waals surface area contributed by atoms with E-state index in [0.29, 0.717) is 22.4 Å². The summed E-state index contributed by atoms with van der Waals surface area (Å²) in [5, 5.41) is 9.71. The number of carbonyl (C=O) groups is 2. The van der Waals surface area contributed by atoms with E-state index < -0.39 is 12.2 Å². The fraction of sp³-hybridized carbons (Fsp3) is 0.250. The molecule has 0 unspecified atom stereocenters. The van der Waals surface area contributed by atoms with Crippen molar-refractivity contribution in [1.82, 2.24) is 10.3 Å². The van der Waals surface area contributed by atoms with Crippen LogP contribution in [-0.2, 0) is 9.59 Å². The van der Waals surface area contributed by atoms with Crippen LogP contribution < -0.4 is 19.7 Å². The third-order valence-corrected chi connectivity index (χ3v) is 6.50. The van der Waals surface area contributed by atoms with Gasteiger partial charge in [0, 0.05) is 22.5 Å². The second kappa shape index (κ2) is 7.21. The monoisotopic (exact) mass is 488 g/mol. The second-order valence-electron chi connectivity index (χ2n) is 6.93. The Labute approximate surface area is 185 Å². The maximum Gasteiger partial charge on any atom is 0.255 e. The molecule has 2 amide bonds. The highest BCUT2D eigenvalue weighted by Crippen LogP contribution is 2.49. The molecule has 5 rings (SSSR count). The number of hydrogen-bond donors (Lipinski definition) is 1. The molecule has 0 bridgehead atoms. The Morgan fingerprint density at radius 3 is 2.70 bits per heavy atom. The number of nitrogens with zero attached hydrogens (tertiary/aromatic N) is 3. The predicted octanol–water partition coefficient (Wildman–Crippen LogP) is 3.35. The molecule has 3 aliphatic heterocycles. The maximum atomic E-state index is 13.1. The summed E-state index contributed by atoms with van der Waals surface area (Å²) < 4.78 is 11.8. The summed E-state index contributed by atoms with van der Waals surface area (Å²) in [5.41, 5.74) is 2.15. The summed E-state index contributed by atoms with van der Waals surface area (Å²) in [6.07, 6.45) is 1.19. The van der Waals surface area contributed by atoms with Crippen LogP contribution in [0.5, 0.6) is 11.5 Å². The molecule has 0 saturated carbocycles. The Bertz CT molecular complexity index is 1110. The van der Waals surface area contributed by atoms with E-state index in [9.17, 15) is 9.59 Å². The highest BCUT2D eigenvalue weighted by Gasteiger charge is 2.47. The molecule has 0 radical (unpaired) electrons. The number of hydrazone groups is 1. The van der Waals surface area contributed by atoms with E-state index in [1.807, 2.05) is 42.7 Å². The maximum absolute atomic E-state index is 13.1. The zero-order valence-corrected chi connectivity index (χ0v) is 18.5. The van der Waals surface area contributed by atoms with E-state index >= 15 is 0 Å². The van der Waals surface area contributed by atoms with Crippen LogP contribution in [0.3, 0.4) is 0 Å². The molecular weight excluding hydrogens is 472 g/mol. The van der Waals surface area contributed by atoms with Gasteiger partial charge in [-0.15, -0.1) is 5.10 Å². The van der Waals surface area contributed by atoms with Gasteiger partial charge in [-0.05, 0) is 24.5 Å². The molecule has 30 heavy (non-hydrogen) atoms. The SMILES string of the molecule is CSC1=NN2[C@H](C(=O)N1)c1ccccc1N(C(C)=O)[C@@H]2c1cc2c(cc1Br)OCO2. The summed E-state index contributed by atoms with van der Waals surface area (Å²) in [5.74, 6) is 0.856. The fourth-order valence-corrected chi connectivity index (χ4v) is 4.90. The van der Waals surface area contributed by atoms with Gasteiger partial charge >= 0.3 is 0 Å². The summed E-state index contributed by atoms with van der Waals surface area (Å²) >= 11 is 4.95. The predicted molar refractivity (Wildman–Crippen MR) is 116 cm³/mol. The van der Waals surface area contributed by atoms with Gasteiger partial charge in [-0.2, -0.15) is 0 Å². The van der Waals surface area contributed by atoms with Crippen LogP contribution in [-0.4, -0.2) is 35.0 Å². The summed E-state index contributed by atoms with van der Waals surface area (Å²) in [4.78, 5) is 27.6. The molecule has 3 heterocycles. The van der Waals surface area contributed by atoms with E-state index in [2.05, 4.69) is 21.2 Å². The number of benzene rings is 2. The van der Waals surface area contributed by atoms with Crippen molar-refractivity contribution in [2.24, 2.45) is 5.10 Å². The van der Waals surface area contributed by atoms with E-state index in [0.717, 1.165) is 15.6 Å². The van der Waals surface area contributed by atoms with Crippen molar-refractivity contribution in [3.8, 4) is 11.5 Å². The molecule has 1 N–H and O–H groups in total. The number of anilines is 1. The van der Waals surface area contributed by atoms with Crippen molar-refractivity contribution in [3.05, 3.63) is 52.0 Å². The Hall–Kier alpha value is -2.72. The van der Waals surface area contributed by atoms with Gasteiger partial charge in [0.05, 0.1) is 5.69 Å². The first-order valence-electron chi connectivity index (χ1n) is 9.19. The van der Waals surface area contributed by atoms with Gasteiger partial charge in [-0.3, -0.25) is 19.5 Å². The number of amidine groups is 1. The lowest BCUT2D eigenvalue weighted by Crippen LogP contribution is -2.55. The lowest BCUT2D eigenvalue weighted by molar-refractivity contribution is -0.129. The zero-order chi connectivity index (χ0) is 21.0. The number of rotatable bonds is 1. The first-order chi connectivity index (χ1) is 14.5. The van der Waals surface area contributed by atoms with E-state index in [1.54, 1.807) is 9.91 Å². The first kappa shape index (κ1) is 19.3. The molecule has 3 aliphatic rings. The third-order valence-electron chi connectivity index (χ3n) is 5.24. The van der Waals surface area contributed by atoms with Crippen LogP contribution in [0.4, 0.5) is 5.69 Å². The number of ether oxygens (including phenoxy) is 2. The largest absolute Gasteiger partial charge is 0.454 e. The standard InChI is InChI=1S/C20H17BrN4O4S/c1-10(26)24-14-6-4-3-5-11(14)17-18(27)22-20(30-2)23-25(17)19(24)12-7-15-16(8-13(12)21)29-9-28-15/h3-8,17,19H,9H2,1-2H3,(H,22,23,27)/t17-,19-/m0/s1. The van der Waals surface area contributed by atoms with Crippen LogP contribution in [0.15, 0.2) is 46.0 Å². The number of carbonyl (C=O) groups excluding carboxylic acids is 2. The molecule has 0 fully saturated rings. The van der Waals surface area contributed by atoms with Crippen molar-refractivity contribution in [2.45, 2.75) is 19.1 Å². The number of fused-ring (bicyclic) bond motifs is 4. The molecule has 154 valence electrons. The second-order valence-corrected chi connectivity index (χ2v) is 8.58. The molecular formula is C20H17BrN4O4S. The van der Waals surface area contributed by atoms with Gasteiger partial charge in [0.25, 0.3) is 5.91 Å². The molecule has 2 aromatic carbocycles. The molecule has 0 saturated heterocycles. The molecule has 2 atom stereocenters. The van der Waals surface area contributed by atoms with Gasteiger partial charge < -0.3 is 14.8 Å². The highest BCUT2D eigenvalue weighted by molar-refractivity contribution is 9.10. The molecule has 2 aromatic rings. The minimum absolute atomic E-state index is 0.138. The minimum Gasteiger partial charge on any atom is -0.454 e. The quantitative estimate of drug-likeness (QED) is 0.662. The lowest BCUT2D eigenvalue weighted by Gasteiger charge is -2.48. The number of nitrogens with one attached hydrogen (secondary N) is 1. The average Bonchev–Trinajstić information content (AvgIpc) is 3.18. The van der Waals surface area contributed by atoms with Gasteiger partial charge in [-0.25, -0.2) is 0 Å². The number of thioether (sulfide) groups is 1. The van der Waals surface area contributed by atoms with Crippen LogP contribution in [0.1, 0.15) is 30.3 Å². The molecule has 0 aromatic heterocycles.